The molecule has 2 heterocycles. The summed E-state index contributed by atoms with van der Waals surface area (Å²) in [5.41, 5.74) is 4.09. The molecule has 3 aliphatic rings. The molecule has 1 atom stereocenters. The molecule has 180 valence electrons. The smallest absolute Gasteiger partial charge is 0.263 e. The van der Waals surface area contributed by atoms with Crippen LogP contribution in [0.1, 0.15) is 33.6 Å². The standard InChI is InChI=1S/C25H34ClF2N5/c1-4-6-7-18-11-21(26)19(12-22(18)31-8-5-2)13-32-23-15-29-14-20(25(27)28)24(23)33-10-9-30-17(3)16-33/h5,7-8,11-12,15,17,25,29-30,32H,4,6,9-10,13-14,16H2,1-3H3/b8-5-,18-7+,31-22+. The van der Waals surface area contributed by atoms with Gasteiger partial charge in [-0.2, -0.15) is 0 Å². The molecule has 0 aromatic heterocycles. The number of halogens is 3. The Hall–Kier alpha value is -2.38. The van der Waals surface area contributed by atoms with Crippen LogP contribution in [0.15, 0.2) is 74.8 Å². The van der Waals surface area contributed by atoms with E-state index in [4.69, 9.17) is 11.6 Å². The van der Waals surface area contributed by atoms with Crippen molar-refractivity contribution in [3.05, 3.63) is 69.8 Å². The van der Waals surface area contributed by atoms with Crippen LogP contribution in [0.25, 0.3) is 0 Å². The molecule has 1 saturated heterocycles. The maximum Gasteiger partial charge on any atom is 0.263 e. The summed E-state index contributed by atoms with van der Waals surface area (Å²) >= 11 is 6.61. The van der Waals surface area contributed by atoms with Crippen LogP contribution in [-0.2, 0) is 0 Å². The van der Waals surface area contributed by atoms with Crippen LogP contribution < -0.4 is 16.0 Å². The zero-order valence-electron chi connectivity index (χ0n) is 19.6. The summed E-state index contributed by atoms with van der Waals surface area (Å²) in [5.74, 6) is 0. The summed E-state index contributed by atoms with van der Waals surface area (Å²) in [4.78, 5) is 6.61. The Morgan fingerprint density at radius 2 is 2.18 bits per heavy atom. The molecule has 3 rings (SSSR count). The topological polar surface area (TPSA) is 51.7 Å². The number of hydrogen-bond donors (Lipinski definition) is 3. The van der Waals surface area contributed by atoms with E-state index in [1.54, 1.807) is 12.4 Å². The van der Waals surface area contributed by atoms with Crippen molar-refractivity contribution >= 4 is 17.3 Å². The van der Waals surface area contributed by atoms with Crippen molar-refractivity contribution in [2.75, 3.05) is 32.7 Å². The normalized spacial score (nSPS) is 24.4. The van der Waals surface area contributed by atoms with Crippen molar-refractivity contribution < 1.29 is 8.78 Å². The maximum atomic E-state index is 13.9. The van der Waals surface area contributed by atoms with Gasteiger partial charge >= 0.3 is 0 Å². The third-order valence-corrected chi connectivity index (χ3v) is 6.08. The Morgan fingerprint density at radius 1 is 1.36 bits per heavy atom. The number of alkyl halides is 2. The predicted molar refractivity (Wildman–Crippen MR) is 133 cm³/mol. The van der Waals surface area contributed by atoms with E-state index in [2.05, 4.69) is 45.8 Å². The monoisotopic (exact) mass is 477 g/mol. The molecule has 0 aromatic carbocycles. The minimum absolute atomic E-state index is 0.119. The SMILES string of the molecule is C\C=C/N=C1\C=C(CNC2=CNCC(C(F)F)=C2N2CCNC(C)C2)C(Cl)=C\C1=C/CCC. The Bertz CT molecular complexity index is 927. The van der Waals surface area contributed by atoms with Crippen LogP contribution in [0.4, 0.5) is 8.78 Å². The maximum absolute atomic E-state index is 13.9. The average molecular weight is 478 g/mol. The van der Waals surface area contributed by atoms with Crippen LogP contribution in [-0.4, -0.2) is 55.8 Å². The van der Waals surface area contributed by atoms with E-state index >= 15 is 0 Å². The van der Waals surface area contributed by atoms with Crippen LogP contribution >= 0.6 is 11.6 Å². The van der Waals surface area contributed by atoms with E-state index in [1.807, 2.05) is 25.2 Å². The zero-order chi connectivity index (χ0) is 23.8. The van der Waals surface area contributed by atoms with E-state index in [0.29, 0.717) is 36.1 Å². The van der Waals surface area contributed by atoms with Crippen molar-refractivity contribution in [3.63, 3.8) is 0 Å². The second kappa shape index (κ2) is 12.2. The molecule has 3 N–H and O–H groups in total. The van der Waals surface area contributed by atoms with E-state index in [1.165, 1.54) is 0 Å². The molecular formula is C25H34ClF2N5. The van der Waals surface area contributed by atoms with Crippen LogP contribution in [0.2, 0.25) is 0 Å². The highest BCUT2D eigenvalue weighted by atomic mass is 35.5. The Morgan fingerprint density at radius 3 is 2.88 bits per heavy atom. The second-order valence-corrected chi connectivity index (χ2v) is 8.78. The fourth-order valence-electron chi connectivity index (χ4n) is 4.09. The zero-order valence-corrected chi connectivity index (χ0v) is 20.4. The summed E-state index contributed by atoms with van der Waals surface area (Å²) < 4.78 is 27.8. The molecule has 0 amide bonds. The highest BCUT2D eigenvalue weighted by Crippen LogP contribution is 2.28. The fourth-order valence-corrected chi connectivity index (χ4v) is 4.33. The first kappa shape index (κ1) is 25.2. The lowest BCUT2D eigenvalue weighted by molar-refractivity contribution is 0.174. The number of allylic oxidation sites excluding steroid dienone is 5. The number of piperazine rings is 1. The lowest BCUT2D eigenvalue weighted by Gasteiger charge is -2.39. The van der Waals surface area contributed by atoms with Gasteiger partial charge in [-0.1, -0.05) is 37.1 Å². The lowest BCUT2D eigenvalue weighted by Crippen LogP contribution is -2.50. The van der Waals surface area contributed by atoms with Crippen LogP contribution in [0.3, 0.4) is 0 Å². The Balaban J connectivity index is 1.84. The molecular weight excluding hydrogens is 444 g/mol. The van der Waals surface area contributed by atoms with Crippen molar-refractivity contribution in [2.45, 2.75) is 46.1 Å². The predicted octanol–water partition coefficient (Wildman–Crippen LogP) is 4.60. The number of dihydropyridines is 1. The van der Waals surface area contributed by atoms with Crippen molar-refractivity contribution in [3.8, 4) is 0 Å². The highest BCUT2D eigenvalue weighted by molar-refractivity contribution is 6.34. The molecule has 1 aliphatic carbocycles. The number of rotatable bonds is 8. The van der Waals surface area contributed by atoms with Crippen molar-refractivity contribution in [1.82, 2.24) is 20.9 Å². The minimum atomic E-state index is -2.52. The van der Waals surface area contributed by atoms with Gasteiger partial charge in [-0.05, 0) is 43.6 Å². The van der Waals surface area contributed by atoms with E-state index in [0.717, 1.165) is 36.2 Å². The summed E-state index contributed by atoms with van der Waals surface area (Å²) in [6.45, 7) is 8.79. The van der Waals surface area contributed by atoms with Gasteiger partial charge in [0.15, 0.2) is 0 Å². The second-order valence-electron chi connectivity index (χ2n) is 8.37. The van der Waals surface area contributed by atoms with Gasteiger partial charge in [0, 0.05) is 61.8 Å². The highest BCUT2D eigenvalue weighted by Gasteiger charge is 2.29. The summed E-state index contributed by atoms with van der Waals surface area (Å²) in [6, 6.07) is 0.235. The fraction of sp³-hybridized carbons (Fsp3) is 0.480. The van der Waals surface area contributed by atoms with Crippen LogP contribution in [0.5, 0.6) is 0 Å². The molecule has 0 aromatic rings. The van der Waals surface area contributed by atoms with Gasteiger partial charge in [0.2, 0.25) is 0 Å². The Labute approximate surface area is 200 Å². The first-order valence-electron chi connectivity index (χ1n) is 11.6. The Kier molecular flexibility index (Phi) is 9.32. The van der Waals surface area contributed by atoms with Gasteiger partial charge in [0.1, 0.15) is 0 Å². The van der Waals surface area contributed by atoms with Gasteiger partial charge in [0.25, 0.3) is 6.43 Å². The van der Waals surface area contributed by atoms with E-state index < -0.39 is 6.43 Å². The first-order chi connectivity index (χ1) is 15.9. The molecule has 5 nitrogen and oxygen atoms in total. The quantitative estimate of drug-likeness (QED) is 0.478. The molecule has 0 spiro atoms. The molecule has 1 fully saturated rings. The number of aliphatic imine (C=N–C) groups is 1. The lowest BCUT2D eigenvalue weighted by atomic mass is 9.98. The molecule has 33 heavy (non-hydrogen) atoms. The van der Waals surface area contributed by atoms with E-state index in [9.17, 15) is 8.78 Å². The van der Waals surface area contributed by atoms with Gasteiger partial charge in [0.05, 0.1) is 17.1 Å². The molecule has 2 aliphatic heterocycles. The van der Waals surface area contributed by atoms with Gasteiger partial charge < -0.3 is 20.9 Å². The molecule has 0 saturated carbocycles. The third-order valence-electron chi connectivity index (χ3n) is 5.73. The third kappa shape index (κ3) is 6.58. The summed E-state index contributed by atoms with van der Waals surface area (Å²) in [5, 5.41) is 10.4. The molecule has 0 bridgehead atoms. The van der Waals surface area contributed by atoms with Crippen molar-refractivity contribution in [2.24, 2.45) is 4.99 Å². The van der Waals surface area contributed by atoms with E-state index in [-0.39, 0.29) is 18.2 Å². The number of hydrogen-bond acceptors (Lipinski definition) is 5. The summed E-state index contributed by atoms with van der Waals surface area (Å²) in [7, 11) is 0. The number of nitrogens with zero attached hydrogens (tertiary/aromatic N) is 2. The van der Waals surface area contributed by atoms with Gasteiger partial charge in [-0.15, -0.1) is 0 Å². The number of nitrogens with one attached hydrogen (secondary N) is 3. The van der Waals surface area contributed by atoms with Gasteiger partial charge in [-0.25, -0.2) is 8.78 Å². The number of unbranched alkanes of at least 4 members (excludes halogenated alkanes) is 1. The van der Waals surface area contributed by atoms with Crippen molar-refractivity contribution in [1.29, 1.82) is 0 Å². The molecule has 0 radical (unpaired) electrons. The molecule has 1 unspecified atom stereocenters. The average Bonchev–Trinajstić information content (AvgIpc) is 2.80. The molecule has 8 heteroatoms. The minimum Gasteiger partial charge on any atom is -0.385 e. The largest absolute Gasteiger partial charge is 0.385 e. The van der Waals surface area contributed by atoms with Gasteiger partial charge in [-0.3, -0.25) is 4.99 Å². The van der Waals surface area contributed by atoms with Crippen LogP contribution in [0, 0.1) is 0 Å². The first-order valence-corrected chi connectivity index (χ1v) is 12.0. The summed E-state index contributed by atoms with van der Waals surface area (Å²) in [6.07, 6.45) is 10.9.